The average molecular weight is 345 g/mol. The number of nitro benzene ring substituents is 1. The van der Waals surface area contributed by atoms with Gasteiger partial charge in [0.15, 0.2) is 0 Å². The summed E-state index contributed by atoms with van der Waals surface area (Å²) in [7, 11) is 0. The van der Waals surface area contributed by atoms with E-state index in [1.165, 1.54) is 6.07 Å². The standard InChI is InChI=1S/C15H18F3N3O3/c1-10-8-12(2-3-13(10)21(23)24)19-9-11-4-6-20(7-5-11)14(22)15(16,17)18/h2-3,8,11,19H,4-7,9H2,1H3. The normalized spacial score (nSPS) is 16.1. The van der Waals surface area contributed by atoms with E-state index in [4.69, 9.17) is 0 Å². The molecule has 1 amide bonds. The predicted octanol–water partition coefficient (Wildman–Crippen LogP) is 3.12. The molecule has 1 aliphatic rings. The monoisotopic (exact) mass is 345 g/mol. The lowest BCUT2D eigenvalue weighted by molar-refractivity contribution is -0.385. The Morgan fingerprint density at radius 3 is 2.50 bits per heavy atom. The topological polar surface area (TPSA) is 75.5 Å². The Balaban J connectivity index is 1.84. The summed E-state index contributed by atoms with van der Waals surface area (Å²) in [6, 6.07) is 4.69. The third-order valence-electron chi connectivity index (χ3n) is 4.13. The highest BCUT2D eigenvalue weighted by atomic mass is 19.4. The molecule has 1 saturated heterocycles. The number of hydrogen-bond donors (Lipinski definition) is 1. The Hall–Kier alpha value is -2.32. The van der Waals surface area contributed by atoms with Gasteiger partial charge in [-0.3, -0.25) is 14.9 Å². The molecule has 1 aromatic carbocycles. The van der Waals surface area contributed by atoms with Gasteiger partial charge < -0.3 is 10.2 Å². The molecule has 0 unspecified atom stereocenters. The summed E-state index contributed by atoms with van der Waals surface area (Å²) in [6.45, 7) is 2.36. The first-order valence-electron chi connectivity index (χ1n) is 7.53. The quantitative estimate of drug-likeness (QED) is 0.672. The van der Waals surface area contributed by atoms with Crippen molar-refractivity contribution in [2.45, 2.75) is 25.9 Å². The molecule has 0 bridgehead atoms. The number of nitro groups is 1. The molecule has 1 N–H and O–H groups in total. The molecule has 9 heteroatoms. The fraction of sp³-hybridized carbons (Fsp3) is 0.533. The Labute approximate surface area is 136 Å². The van der Waals surface area contributed by atoms with Crippen LogP contribution in [0, 0.1) is 23.0 Å². The van der Waals surface area contributed by atoms with Crippen LogP contribution in [0.4, 0.5) is 24.5 Å². The van der Waals surface area contributed by atoms with E-state index in [2.05, 4.69) is 5.32 Å². The zero-order valence-electron chi connectivity index (χ0n) is 13.1. The molecule has 0 atom stereocenters. The SMILES string of the molecule is Cc1cc(NCC2CCN(C(=O)C(F)(F)F)CC2)ccc1[N+](=O)[O-]. The summed E-state index contributed by atoms with van der Waals surface area (Å²) in [4.78, 5) is 22.3. The number of alkyl halides is 3. The first-order valence-corrected chi connectivity index (χ1v) is 7.53. The lowest BCUT2D eigenvalue weighted by Crippen LogP contribution is -2.46. The van der Waals surface area contributed by atoms with Crippen molar-refractivity contribution in [3.63, 3.8) is 0 Å². The maximum atomic E-state index is 12.4. The second kappa shape index (κ2) is 7.06. The molecule has 132 valence electrons. The van der Waals surface area contributed by atoms with Gasteiger partial charge in [-0.05, 0) is 37.8 Å². The van der Waals surface area contributed by atoms with Gasteiger partial charge in [-0.1, -0.05) is 0 Å². The van der Waals surface area contributed by atoms with Crippen LogP contribution in [0.5, 0.6) is 0 Å². The molecule has 1 fully saturated rings. The van der Waals surface area contributed by atoms with Crippen molar-refractivity contribution in [1.82, 2.24) is 4.90 Å². The van der Waals surface area contributed by atoms with E-state index in [-0.39, 0.29) is 24.7 Å². The Morgan fingerprint density at radius 1 is 1.38 bits per heavy atom. The number of aryl methyl sites for hydroxylation is 1. The van der Waals surface area contributed by atoms with Crippen LogP contribution in [0.1, 0.15) is 18.4 Å². The number of hydrogen-bond acceptors (Lipinski definition) is 4. The van der Waals surface area contributed by atoms with Crippen molar-refractivity contribution in [2.24, 2.45) is 5.92 Å². The largest absolute Gasteiger partial charge is 0.471 e. The molecule has 1 aliphatic heterocycles. The number of amides is 1. The molecule has 6 nitrogen and oxygen atoms in total. The van der Waals surface area contributed by atoms with Crippen LogP contribution < -0.4 is 5.32 Å². The first kappa shape index (κ1) is 18.0. The second-order valence-electron chi connectivity index (χ2n) is 5.87. The summed E-state index contributed by atoms with van der Waals surface area (Å²) in [5, 5.41) is 13.9. The Kier molecular flexibility index (Phi) is 5.30. The number of carbonyl (C=O) groups excluding carboxylic acids is 1. The number of rotatable bonds is 4. The second-order valence-corrected chi connectivity index (χ2v) is 5.87. The number of piperidine rings is 1. The van der Waals surface area contributed by atoms with Crippen molar-refractivity contribution < 1.29 is 22.9 Å². The number of likely N-dealkylation sites (tertiary alicyclic amines) is 1. The highest BCUT2D eigenvalue weighted by Gasteiger charge is 2.43. The molecular formula is C15H18F3N3O3. The molecule has 24 heavy (non-hydrogen) atoms. The highest BCUT2D eigenvalue weighted by Crippen LogP contribution is 2.25. The summed E-state index contributed by atoms with van der Waals surface area (Å²) in [5.74, 6) is -1.63. The van der Waals surface area contributed by atoms with E-state index in [9.17, 15) is 28.1 Å². The zero-order valence-corrected chi connectivity index (χ0v) is 13.1. The number of nitrogens with one attached hydrogen (secondary N) is 1. The van der Waals surface area contributed by atoms with Crippen molar-refractivity contribution in [2.75, 3.05) is 25.0 Å². The maximum Gasteiger partial charge on any atom is 0.471 e. The lowest BCUT2D eigenvalue weighted by atomic mass is 9.96. The predicted molar refractivity (Wildman–Crippen MR) is 81.7 cm³/mol. The minimum absolute atomic E-state index is 0.0412. The first-order chi connectivity index (χ1) is 11.2. The number of nitrogens with zero attached hydrogens (tertiary/aromatic N) is 2. The van der Waals surface area contributed by atoms with Crippen molar-refractivity contribution in [3.8, 4) is 0 Å². The fourth-order valence-electron chi connectivity index (χ4n) is 2.75. The third kappa shape index (κ3) is 4.36. The molecule has 2 rings (SSSR count). The summed E-state index contributed by atoms with van der Waals surface area (Å²) in [5.41, 5.74) is 1.31. The molecule has 0 radical (unpaired) electrons. The zero-order chi connectivity index (χ0) is 17.9. The molecule has 1 aromatic rings. The van der Waals surface area contributed by atoms with Gasteiger partial charge in [0.1, 0.15) is 0 Å². The van der Waals surface area contributed by atoms with Crippen LogP contribution in [0.15, 0.2) is 18.2 Å². The van der Waals surface area contributed by atoms with Crippen LogP contribution in [0.25, 0.3) is 0 Å². The van der Waals surface area contributed by atoms with Gasteiger partial charge in [-0.15, -0.1) is 0 Å². The van der Waals surface area contributed by atoms with E-state index in [0.717, 1.165) is 10.6 Å². The van der Waals surface area contributed by atoms with Gasteiger partial charge in [0.25, 0.3) is 5.69 Å². The lowest BCUT2D eigenvalue weighted by Gasteiger charge is -2.32. The van der Waals surface area contributed by atoms with Gasteiger partial charge >= 0.3 is 12.1 Å². The third-order valence-corrected chi connectivity index (χ3v) is 4.13. The van der Waals surface area contributed by atoms with E-state index in [1.54, 1.807) is 19.1 Å². The van der Waals surface area contributed by atoms with Crippen LogP contribution in [0.3, 0.4) is 0 Å². The molecule has 0 aliphatic carbocycles. The summed E-state index contributed by atoms with van der Waals surface area (Å²) >= 11 is 0. The molecule has 1 heterocycles. The molecule has 0 spiro atoms. The minimum atomic E-state index is -4.82. The molecule has 0 saturated carbocycles. The van der Waals surface area contributed by atoms with Crippen molar-refractivity contribution in [3.05, 3.63) is 33.9 Å². The number of halogens is 3. The van der Waals surface area contributed by atoms with Gasteiger partial charge in [0, 0.05) is 37.0 Å². The van der Waals surface area contributed by atoms with Crippen LogP contribution in [-0.2, 0) is 4.79 Å². The Bertz CT molecular complexity index is 626. The van der Waals surface area contributed by atoms with Crippen molar-refractivity contribution >= 4 is 17.3 Å². The molecule has 0 aromatic heterocycles. The van der Waals surface area contributed by atoms with E-state index in [0.29, 0.717) is 24.9 Å². The van der Waals surface area contributed by atoms with Crippen LogP contribution in [-0.4, -0.2) is 41.5 Å². The fourth-order valence-corrected chi connectivity index (χ4v) is 2.75. The number of benzene rings is 1. The van der Waals surface area contributed by atoms with Crippen LogP contribution >= 0.6 is 0 Å². The van der Waals surface area contributed by atoms with Gasteiger partial charge in [0.05, 0.1) is 4.92 Å². The van der Waals surface area contributed by atoms with E-state index < -0.39 is 17.0 Å². The summed E-state index contributed by atoms with van der Waals surface area (Å²) in [6.07, 6.45) is -3.84. The summed E-state index contributed by atoms with van der Waals surface area (Å²) < 4.78 is 37.1. The smallest absolute Gasteiger partial charge is 0.385 e. The highest BCUT2D eigenvalue weighted by molar-refractivity contribution is 5.81. The average Bonchev–Trinajstić information content (AvgIpc) is 2.51. The van der Waals surface area contributed by atoms with Crippen molar-refractivity contribution in [1.29, 1.82) is 0 Å². The van der Waals surface area contributed by atoms with Gasteiger partial charge in [0.2, 0.25) is 0 Å². The van der Waals surface area contributed by atoms with E-state index in [1.807, 2.05) is 0 Å². The number of carbonyl (C=O) groups is 1. The Morgan fingerprint density at radius 2 is 2.00 bits per heavy atom. The minimum Gasteiger partial charge on any atom is -0.385 e. The van der Waals surface area contributed by atoms with Crippen LogP contribution in [0.2, 0.25) is 0 Å². The maximum absolute atomic E-state index is 12.4. The number of anilines is 1. The van der Waals surface area contributed by atoms with E-state index >= 15 is 0 Å². The van der Waals surface area contributed by atoms with Gasteiger partial charge in [-0.2, -0.15) is 13.2 Å². The molecular weight excluding hydrogens is 327 g/mol. The van der Waals surface area contributed by atoms with Gasteiger partial charge in [-0.25, -0.2) is 0 Å².